The first-order chi connectivity index (χ1) is 9.02. The van der Waals surface area contributed by atoms with Gasteiger partial charge in [0.2, 0.25) is 11.7 Å². The van der Waals surface area contributed by atoms with Crippen LogP contribution in [0.15, 0.2) is 22.7 Å². The molecule has 1 aromatic carbocycles. The number of carbonyl (C=O) groups is 1. The standard InChI is InChI=1S/C13H12F2N2O2/c1-3-11(18)7(2)13-16-12(17-19-13)8-4-5-9(14)10(15)6-8/h4-7H,3H2,1-2H3. The van der Waals surface area contributed by atoms with Crippen molar-refractivity contribution in [2.75, 3.05) is 0 Å². The molecule has 0 radical (unpaired) electrons. The Bertz CT molecular complexity index is 610. The molecule has 0 aliphatic heterocycles. The van der Waals surface area contributed by atoms with Crippen LogP contribution in [0.3, 0.4) is 0 Å². The van der Waals surface area contributed by atoms with Crippen molar-refractivity contribution in [1.82, 2.24) is 10.1 Å². The maximum atomic E-state index is 13.1. The van der Waals surface area contributed by atoms with Crippen molar-refractivity contribution >= 4 is 5.78 Å². The van der Waals surface area contributed by atoms with Crippen LogP contribution in [-0.4, -0.2) is 15.9 Å². The molecule has 1 atom stereocenters. The van der Waals surface area contributed by atoms with Gasteiger partial charge >= 0.3 is 0 Å². The lowest BCUT2D eigenvalue weighted by molar-refractivity contribution is -0.120. The molecule has 6 heteroatoms. The van der Waals surface area contributed by atoms with Gasteiger partial charge < -0.3 is 4.52 Å². The number of benzene rings is 1. The molecule has 2 rings (SSSR count). The number of nitrogens with zero attached hydrogens (tertiary/aromatic N) is 2. The maximum absolute atomic E-state index is 13.1. The number of ketones is 1. The first-order valence-electron chi connectivity index (χ1n) is 5.84. The molecule has 1 aromatic heterocycles. The smallest absolute Gasteiger partial charge is 0.237 e. The molecular weight excluding hydrogens is 254 g/mol. The fourth-order valence-electron chi connectivity index (χ4n) is 1.61. The summed E-state index contributed by atoms with van der Waals surface area (Å²) >= 11 is 0. The Morgan fingerprint density at radius 3 is 2.74 bits per heavy atom. The van der Waals surface area contributed by atoms with Crippen LogP contribution in [0.25, 0.3) is 11.4 Å². The van der Waals surface area contributed by atoms with Crippen LogP contribution in [0.1, 0.15) is 32.1 Å². The van der Waals surface area contributed by atoms with E-state index < -0.39 is 17.6 Å². The fraction of sp³-hybridized carbons (Fsp3) is 0.308. The van der Waals surface area contributed by atoms with Crippen molar-refractivity contribution in [3.8, 4) is 11.4 Å². The molecule has 0 aliphatic rings. The normalized spacial score (nSPS) is 12.4. The van der Waals surface area contributed by atoms with E-state index in [4.69, 9.17) is 4.52 Å². The molecule has 0 bridgehead atoms. The van der Waals surface area contributed by atoms with Gasteiger partial charge in [-0.15, -0.1) is 0 Å². The summed E-state index contributed by atoms with van der Waals surface area (Å²) in [7, 11) is 0. The first kappa shape index (κ1) is 13.3. The summed E-state index contributed by atoms with van der Waals surface area (Å²) in [5.41, 5.74) is 0.296. The monoisotopic (exact) mass is 266 g/mol. The molecular formula is C13H12F2N2O2. The highest BCUT2D eigenvalue weighted by Gasteiger charge is 2.21. The predicted molar refractivity (Wildman–Crippen MR) is 63.4 cm³/mol. The third kappa shape index (κ3) is 2.67. The summed E-state index contributed by atoms with van der Waals surface area (Å²) in [5.74, 6) is -2.16. The van der Waals surface area contributed by atoms with Crippen LogP contribution in [0.2, 0.25) is 0 Å². The van der Waals surface area contributed by atoms with E-state index in [2.05, 4.69) is 10.1 Å². The summed E-state index contributed by atoms with van der Waals surface area (Å²) < 4.78 is 30.9. The first-order valence-corrected chi connectivity index (χ1v) is 5.84. The van der Waals surface area contributed by atoms with E-state index >= 15 is 0 Å². The minimum Gasteiger partial charge on any atom is -0.338 e. The van der Waals surface area contributed by atoms with Gasteiger partial charge in [-0.05, 0) is 25.1 Å². The fourth-order valence-corrected chi connectivity index (χ4v) is 1.61. The molecule has 0 spiro atoms. The Kier molecular flexibility index (Phi) is 3.69. The Morgan fingerprint density at radius 1 is 1.37 bits per heavy atom. The second-order valence-corrected chi connectivity index (χ2v) is 4.13. The third-order valence-corrected chi connectivity index (χ3v) is 2.82. The molecule has 1 unspecified atom stereocenters. The molecule has 0 saturated heterocycles. The van der Waals surface area contributed by atoms with Crippen LogP contribution in [0, 0.1) is 11.6 Å². The molecule has 0 N–H and O–H groups in total. The van der Waals surface area contributed by atoms with Gasteiger partial charge in [-0.3, -0.25) is 4.79 Å². The molecule has 0 aliphatic carbocycles. The minimum absolute atomic E-state index is 0.0273. The van der Waals surface area contributed by atoms with E-state index in [-0.39, 0.29) is 17.5 Å². The summed E-state index contributed by atoms with van der Waals surface area (Å²) in [5, 5.41) is 3.67. The average molecular weight is 266 g/mol. The number of halogens is 2. The van der Waals surface area contributed by atoms with Gasteiger partial charge in [0, 0.05) is 12.0 Å². The molecule has 0 fully saturated rings. The second-order valence-electron chi connectivity index (χ2n) is 4.13. The largest absolute Gasteiger partial charge is 0.338 e. The zero-order valence-electron chi connectivity index (χ0n) is 10.5. The lowest BCUT2D eigenvalue weighted by Crippen LogP contribution is -2.07. The highest BCUT2D eigenvalue weighted by Crippen LogP contribution is 2.22. The quantitative estimate of drug-likeness (QED) is 0.853. The summed E-state index contributed by atoms with van der Waals surface area (Å²) in [4.78, 5) is 15.6. The molecule has 0 amide bonds. The number of hydrogen-bond donors (Lipinski definition) is 0. The van der Waals surface area contributed by atoms with Crippen molar-refractivity contribution in [2.45, 2.75) is 26.2 Å². The van der Waals surface area contributed by atoms with Crippen molar-refractivity contribution < 1.29 is 18.1 Å². The van der Waals surface area contributed by atoms with Crippen molar-refractivity contribution in [3.05, 3.63) is 35.7 Å². The summed E-state index contributed by atoms with van der Waals surface area (Å²) in [6.45, 7) is 3.40. The van der Waals surface area contributed by atoms with Crippen LogP contribution in [0.4, 0.5) is 8.78 Å². The third-order valence-electron chi connectivity index (χ3n) is 2.82. The van der Waals surface area contributed by atoms with Gasteiger partial charge in [-0.1, -0.05) is 12.1 Å². The van der Waals surface area contributed by atoms with E-state index in [0.29, 0.717) is 12.0 Å². The van der Waals surface area contributed by atoms with E-state index in [1.54, 1.807) is 13.8 Å². The van der Waals surface area contributed by atoms with Crippen molar-refractivity contribution in [3.63, 3.8) is 0 Å². The molecule has 2 aromatic rings. The number of rotatable bonds is 4. The number of carbonyl (C=O) groups excluding carboxylic acids is 1. The minimum atomic E-state index is -0.985. The van der Waals surface area contributed by atoms with E-state index in [9.17, 15) is 13.6 Å². The Morgan fingerprint density at radius 2 is 2.11 bits per heavy atom. The van der Waals surface area contributed by atoms with Gasteiger partial charge in [0.25, 0.3) is 0 Å². The van der Waals surface area contributed by atoms with Crippen molar-refractivity contribution in [1.29, 1.82) is 0 Å². The predicted octanol–water partition coefficient (Wildman–Crippen LogP) is 3.10. The van der Waals surface area contributed by atoms with E-state index in [0.717, 1.165) is 12.1 Å². The number of Topliss-reactive ketones (excluding diaryl/α,β-unsaturated/α-hetero) is 1. The van der Waals surface area contributed by atoms with Gasteiger partial charge in [0.1, 0.15) is 5.78 Å². The Balaban J connectivity index is 2.30. The van der Waals surface area contributed by atoms with Gasteiger partial charge in [-0.2, -0.15) is 4.98 Å². The Labute approximate surface area is 108 Å². The zero-order valence-corrected chi connectivity index (χ0v) is 10.5. The SMILES string of the molecule is CCC(=O)C(C)c1nc(-c2ccc(F)c(F)c2)no1. The lowest BCUT2D eigenvalue weighted by Gasteiger charge is -2.01. The Hall–Kier alpha value is -2.11. The zero-order chi connectivity index (χ0) is 14.0. The average Bonchev–Trinajstić information content (AvgIpc) is 2.89. The van der Waals surface area contributed by atoms with Crippen LogP contribution >= 0.6 is 0 Å². The highest BCUT2D eigenvalue weighted by atomic mass is 19.2. The van der Waals surface area contributed by atoms with Crippen molar-refractivity contribution in [2.24, 2.45) is 0 Å². The molecule has 0 saturated carbocycles. The van der Waals surface area contributed by atoms with Crippen LogP contribution in [-0.2, 0) is 4.79 Å². The summed E-state index contributed by atoms with van der Waals surface area (Å²) in [6, 6.07) is 3.32. The second kappa shape index (κ2) is 5.26. The molecule has 1 heterocycles. The van der Waals surface area contributed by atoms with E-state index in [1.165, 1.54) is 6.07 Å². The van der Waals surface area contributed by atoms with E-state index in [1.807, 2.05) is 0 Å². The van der Waals surface area contributed by atoms with Gasteiger partial charge in [0.05, 0.1) is 5.92 Å². The van der Waals surface area contributed by atoms with Gasteiger partial charge in [0.15, 0.2) is 11.6 Å². The molecule has 4 nitrogen and oxygen atoms in total. The molecule has 100 valence electrons. The number of hydrogen-bond acceptors (Lipinski definition) is 4. The topological polar surface area (TPSA) is 56.0 Å². The summed E-state index contributed by atoms with van der Waals surface area (Å²) in [6.07, 6.45) is 0.365. The van der Waals surface area contributed by atoms with Crippen LogP contribution in [0.5, 0.6) is 0 Å². The van der Waals surface area contributed by atoms with Crippen LogP contribution < -0.4 is 0 Å². The number of aromatic nitrogens is 2. The maximum Gasteiger partial charge on any atom is 0.237 e. The highest BCUT2D eigenvalue weighted by molar-refractivity contribution is 5.84. The lowest BCUT2D eigenvalue weighted by atomic mass is 10.1. The molecule has 19 heavy (non-hydrogen) atoms. The van der Waals surface area contributed by atoms with Gasteiger partial charge in [-0.25, -0.2) is 8.78 Å².